The molecule has 6 heteroatoms. The lowest BCUT2D eigenvalue weighted by Gasteiger charge is -2.18. The zero-order valence-corrected chi connectivity index (χ0v) is 13.5. The number of nitrogens with one attached hydrogen (secondary N) is 1. The second-order valence-corrected chi connectivity index (χ2v) is 5.55. The van der Waals surface area contributed by atoms with Crippen LogP contribution in [0.4, 0.5) is 0 Å². The summed E-state index contributed by atoms with van der Waals surface area (Å²) in [6.07, 6.45) is 3.64. The van der Waals surface area contributed by atoms with Crippen LogP contribution >= 0.6 is 15.9 Å². The van der Waals surface area contributed by atoms with Gasteiger partial charge in [-0.25, -0.2) is 4.98 Å². The molecule has 21 heavy (non-hydrogen) atoms. The highest BCUT2D eigenvalue weighted by Gasteiger charge is 2.21. The van der Waals surface area contributed by atoms with Crippen LogP contribution in [-0.4, -0.2) is 26.8 Å². The van der Waals surface area contributed by atoms with Gasteiger partial charge in [0.15, 0.2) is 0 Å². The summed E-state index contributed by atoms with van der Waals surface area (Å²) in [5.41, 5.74) is 3.74. The molecule has 3 aromatic rings. The minimum Gasteiger partial charge on any atom is -0.307 e. The first-order chi connectivity index (χ1) is 10.2. The molecule has 108 valence electrons. The minimum absolute atomic E-state index is 0.0565. The summed E-state index contributed by atoms with van der Waals surface area (Å²) in [5, 5.41) is 7.68. The molecular formula is C15H16BrN5. The molecule has 1 aromatic carbocycles. The van der Waals surface area contributed by atoms with Crippen LogP contribution in [0, 0.1) is 0 Å². The second-order valence-electron chi connectivity index (χ2n) is 4.70. The van der Waals surface area contributed by atoms with E-state index in [1.807, 2.05) is 48.4 Å². The number of nitrogens with zero attached hydrogens (tertiary/aromatic N) is 4. The third-order valence-electron chi connectivity index (χ3n) is 3.46. The zero-order valence-electron chi connectivity index (χ0n) is 11.9. The molecule has 5 nitrogen and oxygen atoms in total. The third kappa shape index (κ3) is 2.56. The van der Waals surface area contributed by atoms with Gasteiger partial charge in [-0.1, -0.05) is 12.1 Å². The van der Waals surface area contributed by atoms with Gasteiger partial charge in [0.25, 0.3) is 0 Å². The summed E-state index contributed by atoms with van der Waals surface area (Å²) >= 11 is 3.57. The topological polar surface area (TPSA) is 55.6 Å². The smallest absolute Gasteiger partial charge is 0.0947 e. The number of hydrogen-bond acceptors (Lipinski definition) is 4. The van der Waals surface area contributed by atoms with Crippen LogP contribution in [0.1, 0.15) is 24.4 Å². The van der Waals surface area contributed by atoms with Crippen LogP contribution in [0.5, 0.6) is 0 Å². The van der Waals surface area contributed by atoms with Crippen LogP contribution < -0.4 is 5.32 Å². The maximum absolute atomic E-state index is 4.73. The van der Waals surface area contributed by atoms with Crippen LogP contribution in [0.2, 0.25) is 0 Å². The molecule has 2 aromatic heterocycles. The van der Waals surface area contributed by atoms with E-state index in [2.05, 4.69) is 38.3 Å². The van der Waals surface area contributed by atoms with Gasteiger partial charge in [0.1, 0.15) is 0 Å². The van der Waals surface area contributed by atoms with Crippen LogP contribution in [-0.2, 0) is 6.54 Å². The molecule has 0 bridgehead atoms. The molecule has 3 rings (SSSR count). The highest BCUT2D eigenvalue weighted by Crippen LogP contribution is 2.27. The zero-order chi connectivity index (χ0) is 14.8. The molecule has 0 fully saturated rings. The molecule has 0 saturated carbocycles. The van der Waals surface area contributed by atoms with Crippen molar-refractivity contribution in [3.8, 4) is 0 Å². The molecule has 0 radical (unpaired) electrons. The van der Waals surface area contributed by atoms with Crippen LogP contribution in [0.25, 0.3) is 11.0 Å². The normalized spacial score (nSPS) is 12.7. The predicted molar refractivity (Wildman–Crippen MR) is 86.0 cm³/mol. The fraction of sp³-hybridized carbons (Fsp3) is 0.267. The number of rotatable bonds is 4. The van der Waals surface area contributed by atoms with Gasteiger partial charge in [-0.15, -0.1) is 0 Å². The lowest BCUT2D eigenvalue weighted by atomic mass is 10.1. The highest BCUT2D eigenvalue weighted by molar-refractivity contribution is 9.10. The number of para-hydroxylation sites is 2. The van der Waals surface area contributed by atoms with Gasteiger partial charge in [-0.3, -0.25) is 9.67 Å². The van der Waals surface area contributed by atoms with Crippen molar-refractivity contribution in [2.45, 2.75) is 19.5 Å². The van der Waals surface area contributed by atoms with Crippen LogP contribution in [0.15, 0.2) is 41.1 Å². The van der Waals surface area contributed by atoms with Crippen molar-refractivity contribution >= 4 is 27.0 Å². The van der Waals surface area contributed by atoms with Crippen molar-refractivity contribution in [2.75, 3.05) is 7.05 Å². The minimum atomic E-state index is -0.0565. The Hall–Kier alpha value is -1.79. The Morgan fingerprint density at radius 3 is 2.71 bits per heavy atom. The fourth-order valence-electron chi connectivity index (χ4n) is 2.45. The summed E-state index contributed by atoms with van der Waals surface area (Å²) in [7, 11) is 1.92. The molecule has 2 heterocycles. The van der Waals surface area contributed by atoms with E-state index in [9.17, 15) is 0 Å². The Morgan fingerprint density at radius 2 is 2.00 bits per heavy atom. The van der Waals surface area contributed by atoms with Crippen molar-refractivity contribution in [2.24, 2.45) is 0 Å². The van der Waals surface area contributed by atoms with Gasteiger partial charge >= 0.3 is 0 Å². The SMILES string of the molecule is CCn1ncc(Br)c1C(NC)c1cnc2ccccc2n1. The number of halogens is 1. The lowest BCUT2D eigenvalue weighted by molar-refractivity contribution is 0.554. The van der Waals surface area contributed by atoms with Crippen molar-refractivity contribution in [1.82, 2.24) is 25.1 Å². The molecule has 1 unspecified atom stereocenters. The van der Waals surface area contributed by atoms with Gasteiger partial charge in [0.2, 0.25) is 0 Å². The Morgan fingerprint density at radius 1 is 1.24 bits per heavy atom. The van der Waals surface area contributed by atoms with E-state index in [-0.39, 0.29) is 6.04 Å². The average Bonchev–Trinajstić information content (AvgIpc) is 2.89. The number of hydrogen-bond donors (Lipinski definition) is 1. The highest BCUT2D eigenvalue weighted by atomic mass is 79.9. The molecule has 0 aliphatic carbocycles. The first-order valence-electron chi connectivity index (χ1n) is 6.84. The van der Waals surface area contributed by atoms with E-state index in [1.54, 1.807) is 0 Å². The molecule has 0 spiro atoms. The molecule has 0 aliphatic rings. The standard InChI is InChI=1S/C15H16BrN5/c1-3-21-15(10(16)8-19-21)14(17-2)13-9-18-11-6-4-5-7-12(11)20-13/h4-9,14,17H,3H2,1-2H3. The van der Waals surface area contributed by atoms with Gasteiger partial charge in [0, 0.05) is 6.54 Å². The Labute approximate surface area is 131 Å². The Bertz CT molecular complexity index is 768. The van der Waals surface area contributed by atoms with E-state index in [0.717, 1.165) is 33.4 Å². The molecule has 0 saturated heterocycles. The fourth-order valence-corrected chi connectivity index (χ4v) is 2.97. The van der Waals surface area contributed by atoms with Crippen LogP contribution in [0.3, 0.4) is 0 Å². The van der Waals surface area contributed by atoms with Gasteiger partial charge < -0.3 is 5.32 Å². The number of aromatic nitrogens is 4. The molecule has 0 aliphatic heterocycles. The average molecular weight is 346 g/mol. The lowest BCUT2D eigenvalue weighted by Crippen LogP contribution is -2.23. The Kier molecular flexibility index (Phi) is 3.98. The molecular weight excluding hydrogens is 330 g/mol. The third-order valence-corrected chi connectivity index (χ3v) is 4.07. The van der Waals surface area contributed by atoms with Crippen molar-refractivity contribution in [1.29, 1.82) is 0 Å². The van der Waals surface area contributed by atoms with E-state index in [1.165, 1.54) is 0 Å². The van der Waals surface area contributed by atoms with Gasteiger partial charge in [0.05, 0.1) is 45.3 Å². The summed E-state index contributed by atoms with van der Waals surface area (Å²) in [4.78, 5) is 9.23. The van der Waals surface area contributed by atoms with E-state index < -0.39 is 0 Å². The number of aryl methyl sites for hydroxylation is 1. The Balaban J connectivity index is 2.11. The van der Waals surface area contributed by atoms with E-state index in [0.29, 0.717) is 0 Å². The summed E-state index contributed by atoms with van der Waals surface area (Å²) in [5.74, 6) is 0. The largest absolute Gasteiger partial charge is 0.307 e. The van der Waals surface area contributed by atoms with E-state index in [4.69, 9.17) is 4.98 Å². The maximum Gasteiger partial charge on any atom is 0.0947 e. The first-order valence-corrected chi connectivity index (χ1v) is 7.64. The number of fused-ring (bicyclic) bond motifs is 1. The van der Waals surface area contributed by atoms with Gasteiger partial charge in [-0.05, 0) is 42.0 Å². The van der Waals surface area contributed by atoms with Gasteiger partial charge in [-0.2, -0.15) is 5.10 Å². The quantitative estimate of drug-likeness (QED) is 0.789. The van der Waals surface area contributed by atoms with Crippen molar-refractivity contribution < 1.29 is 0 Å². The van der Waals surface area contributed by atoms with Crippen molar-refractivity contribution in [3.05, 3.63) is 52.5 Å². The maximum atomic E-state index is 4.73. The molecule has 1 N–H and O–H groups in total. The summed E-state index contributed by atoms with van der Waals surface area (Å²) in [6, 6.07) is 7.83. The van der Waals surface area contributed by atoms with E-state index >= 15 is 0 Å². The first kappa shape index (κ1) is 14.2. The number of benzene rings is 1. The molecule has 1 atom stereocenters. The summed E-state index contributed by atoms with van der Waals surface area (Å²) in [6.45, 7) is 2.88. The molecule has 0 amide bonds. The predicted octanol–water partition coefficient (Wildman–Crippen LogP) is 2.92. The second kappa shape index (κ2) is 5.91. The summed E-state index contributed by atoms with van der Waals surface area (Å²) < 4.78 is 2.93. The monoisotopic (exact) mass is 345 g/mol. The van der Waals surface area contributed by atoms with Crippen molar-refractivity contribution in [3.63, 3.8) is 0 Å².